The van der Waals surface area contributed by atoms with Gasteiger partial charge >= 0.3 is 6.16 Å². The smallest absolute Gasteiger partial charge is 0.248 e. The van der Waals surface area contributed by atoms with Crippen LogP contribution in [-0.2, 0) is 13.1 Å². The van der Waals surface area contributed by atoms with E-state index in [2.05, 4.69) is 0 Å². The Kier molecular flexibility index (Phi) is 5.78. The molecular weight excluding hydrogens is 287 g/mol. The van der Waals surface area contributed by atoms with Crippen molar-refractivity contribution >= 4 is 18.3 Å². The van der Waals surface area contributed by atoms with Gasteiger partial charge in [-0.05, 0) is 11.1 Å². The number of nitrogens with zero attached hydrogens (tertiary/aromatic N) is 2. The molecule has 2 rings (SSSR count). The molecular formula is C16H17FN2OS. The van der Waals surface area contributed by atoms with Crippen molar-refractivity contribution in [3.63, 3.8) is 0 Å². The Morgan fingerprint density at radius 1 is 0.952 bits per heavy atom. The summed E-state index contributed by atoms with van der Waals surface area (Å²) in [4.78, 5) is 10.8. The van der Waals surface area contributed by atoms with Gasteiger partial charge in [0.15, 0.2) is 0 Å². The molecule has 2 aromatic rings. The van der Waals surface area contributed by atoms with Crippen LogP contribution in [0.15, 0.2) is 60.7 Å². The molecule has 0 aliphatic carbocycles. The standard InChI is InChI=1S/C16H17FN2OS/c1-18(16(17)20)21-19(12-14-8-4-2-5-9-14)13-15-10-6-3-7-11-15/h2-11H,12-13H2,1H3. The third kappa shape index (κ3) is 5.21. The summed E-state index contributed by atoms with van der Waals surface area (Å²) in [5, 5.41) is 0. The largest absolute Gasteiger partial charge is 0.410 e. The van der Waals surface area contributed by atoms with Gasteiger partial charge in [-0.2, -0.15) is 0 Å². The van der Waals surface area contributed by atoms with Gasteiger partial charge < -0.3 is 0 Å². The first kappa shape index (κ1) is 15.5. The van der Waals surface area contributed by atoms with Crippen LogP contribution in [0.3, 0.4) is 0 Å². The van der Waals surface area contributed by atoms with E-state index >= 15 is 0 Å². The van der Waals surface area contributed by atoms with E-state index in [1.165, 1.54) is 7.05 Å². The number of hydrogen-bond acceptors (Lipinski definition) is 3. The van der Waals surface area contributed by atoms with E-state index in [1.54, 1.807) is 0 Å². The molecule has 0 spiro atoms. The summed E-state index contributed by atoms with van der Waals surface area (Å²) in [6.45, 7) is 1.25. The van der Waals surface area contributed by atoms with Crippen molar-refractivity contribution in [2.24, 2.45) is 0 Å². The lowest BCUT2D eigenvalue weighted by Gasteiger charge is -2.24. The van der Waals surface area contributed by atoms with Gasteiger partial charge in [-0.15, -0.1) is 4.39 Å². The summed E-state index contributed by atoms with van der Waals surface area (Å²) in [6, 6.07) is 19.8. The van der Waals surface area contributed by atoms with Gasteiger partial charge in [0.1, 0.15) is 0 Å². The van der Waals surface area contributed by atoms with Crippen molar-refractivity contribution < 1.29 is 9.18 Å². The van der Waals surface area contributed by atoms with Crippen molar-refractivity contribution in [3.8, 4) is 0 Å². The average Bonchev–Trinajstić information content (AvgIpc) is 2.49. The molecule has 0 atom stereocenters. The number of hydrogen-bond donors (Lipinski definition) is 0. The molecule has 110 valence electrons. The fourth-order valence-corrected chi connectivity index (χ4v) is 2.72. The Labute approximate surface area is 128 Å². The number of amides is 1. The third-order valence-corrected chi connectivity index (χ3v) is 3.77. The Hall–Kier alpha value is -1.85. The van der Waals surface area contributed by atoms with E-state index in [0.717, 1.165) is 27.6 Å². The highest BCUT2D eigenvalue weighted by Crippen LogP contribution is 2.22. The first-order valence-electron chi connectivity index (χ1n) is 6.59. The highest BCUT2D eigenvalue weighted by molar-refractivity contribution is 7.95. The van der Waals surface area contributed by atoms with Crippen LogP contribution in [0.2, 0.25) is 0 Å². The van der Waals surface area contributed by atoms with Gasteiger partial charge in [0.2, 0.25) is 0 Å². The van der Waals surface area contributed by atoms with Crippen molar-refractivity contribution in [1.82, 2.24) is 8.61 Å². The SMILES string of the molecule is CN(SN(Cc1ccccc1)Cc1ccccc1)C(=O)F. The van der Waals surface area contributed by atoms with Crippen LogP contribution >= 0.6 is 12.1 Å². The molecule has 21 heavy (non-hydrogen) atoms. The number of rotatable bonds is 6. The maximum atomic E-state index is 12.8. The maximum absolute atomic E-state index is 12.8. The summed E-state index contributed by atoms with van der Waals surface area (Å²) in [6.07, 6.45) is -1.45. The topological polar surface area (TPSA) is 23.6 Å². The second kappa shape index (κ2) is 7.81. The molecule has 0 aliphatic heterocycles. The van der Waals surface area contributed by atoms with Gasteiger partial charge in [-0.25, -0.2) is 13.4 Å². The maximum Gasteiger partial charge on any atom is 0.410 e. The van der Waals surface area contributed by atoms with Gasteiger partial charge in [0.25, 0.3) is 0 Å². The van der Waals surface area contributed by atoms with Crippen molar-refractivity contribution in [3.05, 3.63) is 71.8 Å². The summed E-state index contributed by atoms with van der Waals surface area (Å²) in [7, 11) is 1.43. The van der Waals surface area contributed by atoms with Gasteiger partial charge in [-0.1, -0.05) is 60.7 Å². The fourth-order valence-electron chi connectivity index (χ4n) is 1.89. The summed E-state index contributed by atoms with van der Waals surface area (Å²) >= 11 is 1.08. The molecule has 3 nitrogen and oxygen atoms in total. The normalized spacial score (nSPS) is 10.6. The zero-order valence-electron chi connectivity index (χ0n) is 11.8. The molecule has 0 N–H and O–H groups in total. The Morgan fingerprint density at radius 2 is 1.38 bits per heavy atom. The predicted molar refractivity (Wildman–Crippen MR) is 84.0 cm³/mol. The molecule has 0 aliphatic rings. The molecule has 0 saturated carbocycles. The molecule has 0 bridgehead atoms. The van der Waals surface area contributed by atoms with Crippen LogP contribution in [-0.4, -0.2) is 21.8 Å². The molecule has 0 fully saturated rings. The molecule has 0 unspecified atom stereocenters. The Morgan fingerprint density at radius 3 is 1.76 bits per heavy atom. The Bertz CT molecular complexity index is 524. The molecule has 0 aromatic heterocycles. The lowest BCUT2D eigenvalue weighted by atomic mass is 10.2. The van der Waals surface area contributed by atoms with Gasteiger partial charge in [0, 0.05) is 32.3 Å². The average molecular weight is 304 g/mol. The lowest BCUT2D eigenvalue weighted by molar-refractivity contribution is 0.208. The monoisotopic (exact) mass is 304 g/mol. The zero-order valence-corrected chi connectivity index (χ0v) is 12.6. The zero-order chi connectivity index (χ0) is 15.1. The van der Waals surface area contributed by atoms with Crippen LogP contribution in [0, 0.1) is 0 Å². The van der Waals surface area contributed by atoms with Crippen molar-refractivity contribution in [2.45, 2.75) is 13.1 Å². The molecule has 0 heterocycles. The van der Waals surface area contributed by atoms with E-state index in [9.17, 15) is 9.18 Å². The van der Waals surface area contributed by atoms with Crippen LogP contribution in [0.4, 0.5) is 9.18 Å². The summed E-state index contributed by atoms with van der Waals surface area (Å²) in [5.74, 6) is 0. The lowest BCUT2D eigenvalue weighted by Crippen LogP contribution is -2.24. The highest BCUT2D eigenvalue weighted by atomic mass is 32.2. The molecule has 5 heteroatoms. The van der Waals surface area contributed by atoms with E-state index in [-0.39, 0.29) is 0 Å². The van der Waals surface area contributed by atoms with Crippen LogP contribution in [0.1, 0.15) is 11.1 Å². The second-order valence-electron chi connectivity index (χ2n) is 4.60. The van der Waals surface area contributed by atoms with Gasteiger partial charge in [0.05, 0.1) is 0 Å². The molecule has 2 aromatic carbocycles. The molecule has 1 amide bonds. The number of carbonyl (C=O) groups excluding carboxylic acids is 1. The summed E-state index contributed by atoms with van der Waals surface area (Å²) < 4.78 is 15.7. The van der Waals surface area contributed by atoms with Crippen LogP contribution < -0.4 is 0 Å². The first-order chi connectivity index (χ1) is 10.1. The highest BCUT2D eigenvalue weighted by Gasteiger charge is 2.15. The predicted octanol–water partition coefficient (Wildman–Crippen LogP) is 4.27. The van der Waals surface area contributed by atoms with E-state index in [1.807, 2.05) is 65.0 Å². The molecule has 0 saturated heterocycles. The number of carbonyl (C=O) groups is 1. The third-order valence-electron chi connectivity index (χ3n) is 2.89. The van der Waals surface area contributed by atoms with E-state index in [4.69, 9.17) is 0 Å². The molecule has 0 radical (unpaired) electrons. The van der Waals surface area contributed by atoms with Crippen molar-refractivity contribution in [1.29, 1.82) is 0 Å². The fraction of sp³-hybridized carbons (Fsp3) is 0.188. The first-order valence-corrected chi connectivity index (χ1v) is 7.32. The quantitative estimate of drug-likeness (QED) is 0.452. The van der Waals surface area contributed by atoms with E-state index in [0.29, 0.717) is 13.1 Å². The minimum atomic E-state index is -1.45. The number of halogens is 1. The summed E-state index contributed by atoms with van der Waals surface area (Å²) in [5.41, 5.74) is 2.22. The number of benzene rings is 2. The van der Waals surface area contributed by atoms with Crippen molar-refractivity contribution in [2.75, 3.05) is 7.05 Å². The Balaban J connectivity index is 2.08. The van der Waals surface area contributed by atoms with Crippen LogP contribution in [0.25, 0.3) is 0 Å². The van der Waals surface area contributed by atoms with Crippen LogP contribution in [0.5, 0.6) is 0 Å². The van der Waals surface area contributed by atoms with E-state index < -0.39 is 6.16 Å². The minimum absolute atomic E-state index is 0.623. The van der Waals surface area contributed by atoms with Gasteiger partial charge in [-0.3, -0.25) is 0 Å². The minimum Gasteiger partial charge on any atom is -0.248 e. The second-order valence-corrected chi connectivity index (χ2v) is 5.83.